The van der Waals surface area contributed by atoms with Gasteiger partial charge in [-0.15, -0.1) is 0 Å². The lowest BCUT2D eigenvalue weighted by molar-refractivity contribution is -0.240. The minimum absolute atomic E-state index is 0.0255. The molecule has 0 bridgehead atoms. The smallest absolute Gasteiger partial charge is 0.404 e. The molecule has 0 saturated carbocycles. The van der Waals surface area contributed by atoms with Gasteiger partial charge >= 0.3 is 18.0 Å². The molecule has 1 atom stereocenters. The number of carbonyl (C=O) groups is 3. The number of ether oxygens (including phenoxy) is 2. The van der Waals surface area contributed by atoms with E-state index in [0.29, 0.717) is 0 Å². The fourth-order valence-corrected chi connectivity index (χ4v) is 1.85. The molecule has 1 aliphatic rings. The maximum absolute atomic E-state index is 11.8. The minimum atomic E-state index is -1.27. The van der Waals surface area contributed by atoms with Gasteiger partial charge in [-0.25, -0.2) is 4.79 Å². The van der Waals surface area contributed by atoms with Crippen molar-refractivity contribution in [2.45, 2.75) is 45.9 Å². The van der Waals surface area contributed by atoms with Crippen LogP contribution in [0.1, 0.15) is 34.1 Å². The van der Waals surface area contributed by atoms with Gasteiger partial charge in [0.15, 0.2) is 5.92 Å². The zero-order chi connectivity index (χ0) is 14.8. The molecular weight excluding hydrogens is 254 g/mol. The van der Waals surface area contributed by atoms with E-state index < -0.39 is 35.8 Å². The van der Waals surface area contributed by atoms with Crippen LogP contribution in [0.15, 0.2) is 0 Å². The van der Waals surface area contributed by atoms with Gasteiger partial charge in [0.1, 0.15) is 0 Å². The zero-order valence-corrected chi connectivity index (χ0v) is 11.4. The highest BCUT2D eigenvalue weighted by Crippen LogP contribution is 2.27. The normalized spacial score (nSPS) is 20.7. The van der Waals surface area contributed by atoms with E-state index in [0.717, 1.165) is 0 Å². The highest BCUT2D eigenvalue weighted by Gasteiger charge is 2.44. The first-order chi connectivity index (χ1) is 8.62. The van der Waals surface area contributed by atoms with Gasteiger partial charge < -0.3 is 19.9 Å². The Hall–Kier alpha value is -1.79. The minimum Gasteiger partial charge on any atom is -0.465 e. The molecular formula is C12H19NO6. The van der Waals surface area contributed by atoms with Crippen LogP contribution in [-0.4, -0.2) is 35.0 Å². The van der Waals surface area contributed by atoms with Crippen molar-refractivity contribution in [1.29, 1.82) is 0 Å². The lowest BCUT2D eigenvalue weighted by Gasteiger charge is -2.34. The van der Waals surface area contributed by atoms with Crippen molar-refractivity contribution in [1.82, 2.24) is 5.32 Å². The maximum Gasteiger partial charge on any atom is 0.404 e. The van der Waals surface area contributed by atoms with Crippen LogP contribution < -0.4 is 5.32 Å². The van der Waals surface area contributed by atoms with E-state index in [1.165, 1.54) is 13.8 Å². The largest absolute Gasteiger partial charge is 0.465 e. The lowest BCUT2D eigenvalue weighted by atomic mass is 9.92. The van der Waals surface area contributed by atoms with Crippen LogP contribution >= 0.6 is 0 Å². The predicted molar refractivity (Wildman–Crippen MR) is 64.2 cm³/mol. The Bertz CT molecular complexity index is 370. The first kappa shape index (κ1) is 15.3. The first-order valence-electron chi connectivity index (χ1n) is 6.07. The maximum atomic E-state index is 11.8. The summed E-state index contributed by atoms with van der Waals surface area (Å²) in [5, 5.41) is 11.0. The van der Waals surface area contributed by atoms with Gasteiger partial charge in [-0.3, -0.25) is 9.59 Å². The summed E-state index contributed by atoms with van der Waals surface area (Å²) in [4.78, 5) is 34.2. The predicted octanol–water partition coefficient (Wildman–Crippen LogP) is 1.12. The summed E-state index contributed by atoms with van der Waals surface area (Å²) >= 11 is 0. The molecule has 0 radical (unpaired) electrons. The van der Waals surface area contributed by atoms with Crippen molar-refractivity contribution in [2.75, 3.05) is 0 Å². The van der Waals surface area contributed by atoms with Crippen molar-refractivity contribution in [3.63, 3.8) is 0 Å². The fourth-order valence-electron chi connectivity index (χ4n) is 1.85. The van der Waals surface area contributed by atoms with E-state index >= 15 is 0 Å². The van der Waals surface area contributed by atoms with Crippen LogP contribution in [0, 0.1) is 11.8 Å². The number of carboxylic acid groups (broad SMARTS) is 1. The molecule has 1 aliphatic heterocycles. The van der Waals surface area contributed by atoms with E-state index in [4.69, 9.17) is 14.6 Å². The molecule has 0 spiro atoms. The molecule has 108 valence electrons. The number of carbonyl (C=O) groups excluding carboxylic acids is 2. The molecule has 1 heterocycles. The number of hydrogen-bond donors (Lipinski definition) is 2. The molecule has 0 aromatic carbocycles. The molecule has 7 heteroatoms. The molecule has 7 nitrogen and oxygen atoms in total. The quantitative estimate of drug-likeness (QED) is 0.588. The van der Waals surface area contributed by atoms with Crippen molar-refractivity contribution in [2.24, 2.45) is 11.8 Å². The highest BCUT2D eigenvalue weighted by atomic mass is 16.7. The van der Waals surface area contributed by atoms with Gasteiger partial charge in [-0.05, 0) is 12.3 Å². The molecule has 2 N–H and O–H groups in total. The molecule has 0 unspecified atom stereocenters. The van der Waals surface area contributed by atoms with E-state index in [2.05, 4.69) is 5.32 Å². The third-order valence-electron chi connectivity index (χ3n) is 2.87. The van der Waals surface area contributed by atoms with Crippen molar-refractivity contribution in [3.8, 4) is 0 Å². The van der Waals surface area contributed by atoms with Crippen molar-refractivity contribution in [3.05, 3.63) is 0 Å². The Morgan fingerprint density at radius 3 is 2.16 bits per heavy atom. The topological polar surface area (TPSA) is 102 Å². The Balaban J connectivity index is 2.76. The summed E-state index contributed by atoms with van der Waals surface area (Å²) in [7, 11) is 0. The summed E-state index contributed by atoms with van der Waals surface area (Å²) < 4.78 is 9.97. The molecule has 0 aromatic rings. The monoisotopic (exact) mass is 273 g/mol. The number of amides is 1. The van der Waals surface area contributed by atoms with Crippen molar-refractivity contribution < 1.29 is 29.0 Å². The molecule has 1 fully saturated rings. The second kappa shape index (κ2) is 5.46. The molecule has 0 aromatic heterocycles. The highest BCUT2D eigenvalue weighted by molar-refractivity contribution is 5.96. The summed E-state index contributed by atoms with van der Waals surface area (Å²) in [6.45, 7) is 6.52. The summed E-state index contributed by atoms with van der Waals surface area (Å²) in [5.41, 5.74) is 0. The SMILES string of the molecule is CC(C)[C@H](CC1C(=O)OC(C)(C)OC1=O)NC(=O)O. The van der Waals surface area contributed by atoms with Gasteiger partial charge in [0.2, 0.25) is 0 Å². The zero-order valence-electron chi connectivity index (χ0n) is 11.4. The number of nitrogens with one attached hydrogen (secondary N) is 1. The molecule has 1 amide bonds. The number of rotatable bonds is 4. The Morgan fingerprint density at radius 1 is 1.32 bits per heavy atom. The standard InChI is InChI=1S/C12H19NO6/c1-6(2)8(13-11(16)17)5-7-9(14)18-12(3,4)19-10(7)15/h6-8,13H,5H2,1-4H3,(H,16,17)/t8-/m0/s1. The average molecular weight is 273 g/mol. The van der Waals surface area contributed by atoms with Gasteiger partial charge in [0, 0.05) is 19.9 Å². The van der Waals surface area contributed by atoms with E-state index in [-0.39, 0.29) is 12.3 Å². The van der Waals surface area contributed by atoms with Crippen LogP contribution in [0.25, 0.3) is 0 Å². The average Bonchev–Trinajstić information content (AvgIpc) is 2.19. The number of esters is 2. The second-order valence-corrected chi connectivity index (χ2v) is 5.33. The molecule has 1 saturated heterocycles. The Morgan fingerprint density at radius 2 is 1.79 bits per heavy atom. The van der Waals surface area contributed by atoms with Crippen LogP contribution in [0.2, 0.25) is 0 Å². The van der Waals surface area contributed by atoms with Crippen LogP contribution in [-0.2, 0) is 19.1 Å². The summed E-state index contributed by atoms with van der Waals surface area (Å²) in [5.74, 6) is -3.78. The van der Waals surface area contributed by atoms with Crippen LogP contribution in [0.3, 0.4) is 0 Å². The van der Waals surface area contributed by atoms with E-state index in [1.807, 2.05) is 0 Å². The fraction of sp³-hybridized carbons (Fsp3) is 0.750. The van der Waals surface area contributed by atoms with E-state index in [9.17, 15) is 14.4 Å². The van der Waals surface area contributed by atoms with Gasteiger partial charge in [0.25, 0.3) is 5.79 Å². The molecule has 19 heavy (non-hydrogen) atoms. The van der Waals surface area contributed by atoms with Crippen LogP contribution in [0.5, 0.6) is 0 Å². The third kappa shape index (κ3) is 4.11. The van der Waals surface area contributed by atoms with Crippen molar-refractivity contribution >= 4 is 18.0 Å². The Kier molecular flexibility index (Phi) is 4.39. The van der Waals surface area contributed by atoms with Gasteiger partial charge in [-0.1, -0.05) is 13.8 Å². The number of cyclic esters (lactones) is 2. The summed E-state index contributed by atoms with van der Waals surface area (Å²) in [6, 6.07) is -0.524. The number of hydrogen-bond acceptors (Lipinski definition) is 5. The van der Waals surface area contributed by atoms with Gasteiger partial charge in [-0.2, -0.15) is 0 Å². The summed E-state index contributed by atoms with van der Waals surface area (Å²) in [6.07, 6.45) is -1.17. The first-order valence-corrected chi connectivity index (χ1v) is 6.07. The van der Waals surface area contributed by atoms with E-state index in [1.54, 1.807) is 13.8 Å². The second-order valence-electron chi connectivity index (χ2n) is 5.33. The molecule has 0 aliphatic carbocycles. The lowest BCUT2D eigenvalue weighted by Crippen LogP contribution is -2.49. The molecule has 1 rings (SSSR count). The van der Waals surface area contributed by atoms with Crippen LogP contribution in [0.4, 0.5) is 4.79 Å². The van der Waals surface area contributed by atoms with Gasteiger partial charge in [0.05, 0.1) is 0 Å². The Labute approximate surface area is 111 Å². The third-order valence-corrected chi connectivity index (χ3v) is 2.87.